The highest BCUT2D eigenvalue weighted by Gasteiger charge is 2.19. The van der Waals surface area contributed by atoms with Gasteiger partial charge in [0.1, 0.15) is 5.82 Å². The van der Waals surface area contributed by atoms with E-state index in [1.807, 2.05) is 91.0 Å². The SMILES string of the molecule is CCc1nnc(SCCC(=O)N(c2ccccc2)c2ccccc2)n1-c1ccccc1. The number of amides is 1. The van der Waals surface area contributed by atoms with Gasteiger partial charge in [0, 0.05) is 35.7 Å². The van der Waals surface area contributed by atoms with E-state index in [2.05, 4.69) is 21.7 Å². The predicted octanol–water partition coefficient (Wildman–Crippen LogP) is 5.68. The van der Waals surface area contributed by atoms with Gasteiger partial charge in [-0.05, 0) is 36.4 Å². The Morgan fingerprint density at radius 2 is 1.39 bits per heavy atom. The Bertz CT molecular complexity index is 1070. The lowest BCUT2D eigenvalue weighted by molar-refractivity contribution is -0.117. The molecule has 0 radical (unpaired) electrons. The summed E-state index contributed by atoms with van der Waals surface area (Å²) in [6.45, 7) is 2.07. The van der Waals surface area contributed by atoms with Gasteiger partial charge in [-0.2, -0.15) is 0 Å². The summed E-state index contributed by atoms with van der Waals surface area (Å²) in [6, 6.07) is 29.6. The van der Waals surface area contributed by atoms with Gasteiger partial charge in [0.05, 0.1) is 0 Å². The van der Waals surface area contributed by atoms with Crippen LogP contribution in [0.4, 0.5) is 11.4 Å². The molecule has 3 aromatic carbocycles. The number of aromatic nitrogens is 3. The highest BCUT2D eigenvalue weighted by molar-refractivity contribution is 7.99. The fourth-order valence-corrected chi connectivity index (χ4v) is 4.29. The fourth-order valence-electron chi connectivity index (χ4n) is 3.39. The fraction of sp³-hybridized carbons (Fsp3) is 0.160. The van der Waals surface area contributed by atoms with E-state index in [1.165, 1.54) is 0 Å². The zero-order valence-corrected chi connectivity index (χ0v) is 18.2. The van der Waals surface area contributed by atoms with Crippen LogP contribution in [-0.4, -0.2) is 26.4 Å². The van der Waals surface area contributed by atoms with Gasteiger partial charge in [0.2, 0.25) is 5.91 Å². The number of thioether (sulfide) groups is 1. The van der Waals surface area contributed by atoms with Crippen molar-refractivity contribution in [1.82, 2.24) is 14.8 Å². The standard InChI is InChI=1S/C25H24N4OS/c1-2-23-26-27-25(29(23)22-16-10-5-11-17-22)31-19-18-24(30)28(20-12-6-3-7-13-20)21-14-8-4-9-15-21/h3-17H,2,18-19H2,1H3. The van der Waals surface area contributed by atoms with Crippen LogP contribution in [-0.2, 0) is 11.2 Å². The Hall–Kier alpha value is -3.38. The molecule has 0 N–H and O–H groups in total. The summed E-state index contributed by atoms with van der Waals surface area (Å²) in [7, 11) is 0. The van der Waals surface area contributed by atoms with Crippen molar-refractivity contribution in [3.05, 3.63) is 96.8 Å². The molecule has 0 aliphatic heterocycles. The van der Waals surface area contributed by atoms with Gasteiger partial charge in [0.25, 0.3) is 0 Å². The quantitative estimate of drug-likeness (QED) is 0.339. The molecule has 0 atom stereocenters. The van der Waals surface area contributed by atoms with E-state index in [0.29, 0.717) is 12.2 Å². The number of para-hydroxylation sites is 3. The largest absolute Gasteiger partial charge is 0.281 e. The van der Waals surface area contributed by atoms with E-state index in [-0.39, 0.29) is 5.91 Å². The van der Waals surface area contributed by atoms with E-state index in [4.69, 9.17) is 0 Å². The molecule has 1 heterocycles. The van der Waals surface area contributed by atoms with Crippen LogP contribution >= 0.6 is 11.8 Å². The van der Waals surface area contributed by atoms with Crippen molar-refractivity contribution < 1.29 is 4.79 Å². The number of carbonyl (C=O) groups excluding carboxylic acids is 1. The number of carbonyl (C=O) groups is 1. The van der Waals surface area contributed by atoms with Crippen LogP contribution < -0.4 is 4.90 Å². The van der Waals surface area contributed by atoms with E-state index in [0.717, 1.165) is 34.5 Å². The van der Waals surface area contributed by atoms with Crippen molar-refractivity contribution in [3.8, 4) is 5.69 Å². The summed E-state index contributed by atoms with van der Waals surface area (Å²) < 4.78 is 2.07. The lowest BCUT2D eigenvalue weighted by Gasteiger charge is -2.23. The molecule has 0 spiro atoms. The molecule has 0 aliphatic carbocycles. The summed E-state index contributed by atoms with van der Waals surface area (Å²) in [5.41, 5.74) is 2.77. The van der Waals surface area contributed by atoms with Gasteiger partial charge in [-0.15, -0.1) is 10.2 Å². The molecule has 0 saturated carbocycles. The van der Waals surface area contributed by atoms with Crippen molar-refractivity contribution in [3.63, 3.8) is 0 Å². The zero-order valence-electron chi connectivity index (χ0n) is 17.4. The van der Waals surface area contributed by atoms with Gasteiger partial charge in [-0.1, -0.05) is 73.3 Å². The minimum Gasteiger partial charge on any atom is -0.281 e. The van der Waals surface area contributed by atoms with Crippen LogP contribution in [0.5, 0.6) is 0 Å². The van der Waals surface area contributed by atoms with Crippen molar-refractivity contribution in [2.45, 2.75) is 24.9 Å². The Morgan fingerprint density at radius 3 is 1.94 bits per heavy atom. The van der Waals surface area contributed by atoms with Crippen molar-refractivity contribution in [1.29, 1.82) is 0 Å². The molecule has 0 aliphatic rings. The van der Waals surface area contributed by atoms with Crippen LogP contribution in [0.1, 0.15) is 19.2 Å². The lowest BCUT2D eigenvalue weighted by atomic mass is 10.2. The molecule has 1 aromatic heterocycles. The third-order valence-corrected chi connectivity index (χ3v) is 5.79. The smallest absolute Gasteiger partial charge is 0.232 e. The van der Waals surface area contributed by atoms with Crippen LogP contribution in [0.15, 0.2) is 96.2 Å². The lowest BCUT2D eigenvalue weighted by Crippen LogP contribution is -2.26. The average molecular weight is 429 g/mol. The minimum absolute atomic E-state index is 0.0476. The first kappa shape index (κ1) is 20.9. The van der Waals surface area contributed by atoms with E-state index >= 15 is 0 Å². The number of aryl methyl sites for hydroxylation is 1. The third kappa shape index (κ3) is 4.86. The maximum atomic E-state index is 13.2. The number of rotatable bonds is 8. The van der Waals surface area contributed by atoms with Gasteiger partial charge in [-0.3, -0.25) is 14.3 Å². The summed E-state index contributed by atoms with van der Waals surface area (Å²) in [5, 5.41) is 9.52. The number of hydrogen-bond acceptors (Lipinski definition) is 4. The van der Waals surface area contributed by atoms with Crippen LogP contribution in [0, 0.1) is 0 Å². The Balaban J connectivity index is 1.50. The molecule has 0 saturated heterocycles. The molecular weight excluding hydrogens is 404 g/mol. The van der Waals surface area contributed by atoms with E-state index in [1.54, 1.807) is 16.7 Å². The molecule has 31 heavy (non-hydrogen) atoms. The minimum atomic E-state index is 0.0476. The van der Waals surface area contributed by atoms with Crippen molar-refractivity contribution in [2.75, 3.05) is 10.7 Å². The number of hydrogen-bond donors (Lipinski definition) is 0. The molecule has 0 fully saturated rings. The molecule has 0 bridgehead atoms. The molecule has 4 aromatic rings. The van der Waals surface area contributed by atoms with Crippen molar-refractivity contribution in [2.24, 2.45) is 0 Å². The molecule has 0 unspecified atom stereocenters. The number of nitrogens with zero attached hydrogens (tertiary/aromatic N) is 4. The van der Waals surface area contributed by atoms with E-state index in [9.17, 15) is 4.79 Å². The highest BCUT2D eigenvalue weighted by Crippen LogP contribution is 2.28. The Labute approximate surface area is 186 Å². The summed E-state index contributed by atoms with van der Waals surface area (Å²) in [5.74, 6) is 1.57. The summed E-state index contributed by atoms with van der Waals surface area (Å²) in [6.07, 6.45) is 1.18. The molecule has 6 heteroatoms. The second-order valence-corrected chi connectivity index (χ2v) is 7.98. The van der Waals surface area contributed by atoms with Crippen LogP contribution in [0.2, 0.25) is 0 Å². The highest BCUT2D eigenvalue weighted by atomic mass is 32.2. The van der Waals surface area contributed by atoms with E-state index < -0.39 is 0 Å². The predicted molar refractivity (Wildman–Crippen MR) is 126 cm³/mol. The van der Waals surface area contributed by atoms with Gasteiger partial charge in [0.15, 0.2) is 5.16 Å². The van der Waals surface area contributed by atoms with Crippen molar-refractivity contribution >= 4 is 29.0 Å². The number of anilines is 2. The Kier molecular flexibility index (Phi) is 6.79. The number of benzene rings is 3. The maximum absolute atomic E-state index is 13.2. The summed E-state index contributed by atoms with van der Waals surface area (Å²) >= 11 is 1.56. The monoisotopic (exact) mass is 428 g/mol. The zero-order chi connectivity index (χ0) is 21.5. The molecule has 156 valence electrons. The van der Waals surface area contributed by atoms with Crippen LogP contribution in [0.3, 0.4) is 0 Å². The first-order valence-corrected chi connectivity index (χ1v) is 11.3. The molecule has 5 nitrogen and oxygen atoms in total. The third-order valence-electron chi connectivity index (χ3n) is 4.86. The molecular formula is C25H24N4OS. The topological polar surface area (TPSA) is 51.0 Å². The second-order valence-electron chi connectivity index (χ2n) is 6.92. The van der Waals surface area contributed by atoms with Gasteiger partial charge < -0.3 is 0 Å². The molecule has 1 amide bonds. The maximum Gasteiger partial charge on any atom is 0.232 e. The average Bonchev–Trinajstić information content (AvgIpc) is 3.24. The van der Waals surface area contributed by atoms with Gasteiger partial charge in [-0.25, -0.2) is 0 Å². The first-order chi connectivity index (χ1) is 15.3. The Morgan fingerprint density at radius 1 is 0.839 bits per heavy atom. The molecule has 4 rings (SSSR count). The normalized spacial score (nSPS) is 10.7. The second kappa shape index (κ2) is 10.1. The summed E-state index contributed by atoms with van der Waals surface area (Å²) in [4.78, 5) is 15.0. The van der Waals surface area contributed by atoms with Crippen LogP contribution in [0.25, 0.3) is 5.69 Å². The first-order valence-electron chi connectivity index (χ1n) is 10.3. The van der Waals surface area contributed by atoms with Gasteiger partial charge >= 0.3 is 0 Å².